The van der Waals surface area contributed by atoms with Gasteiger partial charge in [0.15, 0.2) is 0 Å². The lowest BCUT2D eigenvalue weighted by Crippen LogP contribution is -2.10. The van der Waals surface area contributed by atoms with Gasteiger partial charge in [-0.15, -0.1) is 11.6 Å². The molecular weight excluding hydrogens is 232 g/mol. The maximum Gasteiger partial charge on any atom is 0.0616 e. The van der Waals surface area contributed by atoms with Crippen LogP contribution in [0.2, 0.25) is 0 Å². The van der Waals surface area contributed by atoms with Gasteiger partial charge in [-0.1, -0.05) is 24.3 Å². The van der Waals surface area contributed by atoms with Crippen LogP contribution in [0, 0.1) is 5.92 Å². The first kappa shape index (κ1) is 12.9. The molecule has 0 amide bonds. The zero-order valence-electron chi connectivity index (χ0n) is 10.5. The molecule has 0 heterocycles. The van der Waals surface area contributed by atoms with Crippen LogP contribution in [0.5, 0.6) is 0 Å². The largest absolute Gasteiger partial charge is 0.382 e. The minimum Gasteiger partial charge on any atom is -0.382 e. The van der Waals surface area contributed by atoms with Crippen LogP contribution in [-0.2, 0) is 11.2 Å². The van der Waals surface area contributed by atoms with E-state index in [0.29, 0.717) is 5.92 Å². The van der Waals surface area contributed by atoms with E-state index in [2.05, 4.69) is 24.3 Å². The van der Waals surface area contributed by atoms with Crippen LogP contribution in [0.4, 0.5) is 0 Å². The lowest BCUT2D eigenvalue weighted by molar-refractivity contribution is 0.130. The number of hydrogen-bond donors (Lipinski definition) is 0. The van der Waals surface area contributed by atoms with Crippen molar-refractivity contribution in [2.75, 3.05) is 13.2 Å². The molecule has 2 heteroatoms. The van der Waals surface area contributed by atoms with Crippen LogP contribution in [0.3, 0.4) is 0 Å². The van der Waals surface area contributed by atoms with Crippen LogP contribution in [-0.4, -0.2) is 13.2 Å². The van der Waals surface area contributed by atoms with Crippen molar-refractivity contribution in [3.8, 4) is 0 Å². The summed E-state index contributed by atoms with van der Waals surface area (Å²) in [5.41, 5.74) is 2.78. The van der Waals surface area contributed by atoms with E-state index in [9.17, 15) is 0 Å². The van der Waals surface area contributed by atoms with Gasteiger partial charge >= 0.3 is 0 Å². The monoisotopic (exact) mass is 252 g/mol. The summed E-state index contributed by atoms with van der Waals surface area (Å²) in [4.78, 5) is 0. The van der Waals surface area contributed by atoms with E-state index in [4.69, 9.17) is 16.3 Å². The molecule has 0 spiro atoms. The van der Waals surface area contributed by atoms with Gasteiger partial charge < -0.3 is 4.74 Å². The lowest BCUT2D eigenvalue weighted by Gasteiger charge is -2.21. The fourth-order valence-corrected chi connectivity index (χ4v) is 3.12. The molecule has 1 aromatic rings. The highest BCUT2D eigenvalue weighted by molar-refractivity contribution is 6.21. The number of benzene rings is 1. The normalized spacial score (nSPS) is 24.1. The van der Waals surface area contributed by atoms with Gasteiger partial charge in [0.2, 0.25) is 0 Å². The molecule has 0 radical (unpaired) electrons. The van der Waals surface area contributed by atoms with Gasteiger partial charge in [0.1, 0.15) is 0 Å². The van der Waals surface area contributed by atoms with E-state index in [1.54, 1.807) is 0 Å². The number of aryl methyl sites for hydroxylation is 1. The quantitative estimate of drug-likeness (QED) is 0.440. The second kappa shape index (κ2) is 6.42. The zero-order chi connectivity index (χ0) is 12.1. The van der Waals surface area contributed by atoms with Crippen LogP contribution < -0.4 is 0 Å². The van der Waals surface area contributed by atoms with Crippen molar-refractivity contribution in [2.24, 2.45) is 5.92 Å². The predicted molar refractivity (Wildman–Crippen MR) is 72.6 cm³/mol. The highest BCUT2D eigenvalue weighted by Crippen LogP contribution is 2.39. The van der Waals surface area contributed by atoms with Crippen LogP contribution in [0.1, 0.15) is 42.7 Å². The van der Waals surface area contributed by atoms with E-state index < -0.39 is 0 Å². The van der Waals surface area contributed by atoms with Gasteiger partial charge in [0.25, 0.3) is 0 Å². The third-order valence-electron chi connectivity index (χ3n) is 3.62. The molecule has 1 aliphatic carbocycles. The Morgan fingerprint density at radius 2 is 2.18 bits per heavy atom. The van der Waals surface area contributed by atoms with Crippen LogP contribution in [0.15, 0.2) is 24.3 Å². The number of ether oxygens (including phenoxy) is 1. The molecule has 94 valence electrons. The average Bonchev–Trinajstić information content (AvgIpc) is 2.51. The number of rotatable bonds is 4. The van der Waals surface area contributed by atoms with Gasteiger partial charge in [-0.25, -0.2) is 0 Å². The summed E-state index contributed by atoms with van der Waals surface area (Å²) < 4.78 is 5.45. The van der Waals surface area contributed by atoms with Gasteiger partial charge in [-0.05, 0) is 49.7 Å². The van der Waals surface area contributed by atoms with Crippen molar-refractivity contribution in [1.82, 2.24) is 0 Å². The Balaban J connectivity index is 2.06. The number of halogens is 1. The summed E-state index contributed by atoms with van der Waals surface area (Å²) in [6, 6.07) is 8.61. The fourth-order valence-electron chi connectivity index (χ4n) is 2.66. The third-order valence-corrected chi connectivity index (χ3v) is 4.22. The highest BCUT2D eigenvalue weighted by atomic mass is 35.5. The Kier molecular flexibility index (Phi) is 4.87. The molecule has 0 aliphatic heterocycles. The molecule has 0 N–H and O–H groups in total. The van der Waals surface area contributed by atoms with Crippen molar-refractivity contribution in [2.45, 2.75) is 38.0 Å². The number of hydrogen-bond acceptors (Lipinski definition) is 1. The summed E-state index contributed by atoms with van der Waals surface area (Å²) in [6.07, 6.45) is 4.72. The second-order valence-corrected chi connectivity index (χ2v) is 5.21. The molecule has 1 aliphatic rings. The van der Waals surface area contributed by atoms with Gasteiger partial charge in [0, 0.05) is 13.2 Å². The summed E-state index contributed by atoms with van der Waals surface area (Å²) >= 11 is 6.64. The second-order valence-electron chi connectivity index (χ2n) is 4.74. The van der Waals surface area contributed by atoms with Crippen molar-refractivity contribution in [3.05, 3.63) is 35.4 Å². The molecule has 2 unspecified atom stereocenters. The van der Waals surface area contributed by atoms with Crippen molar-refractivity contribution in [3.63, 3.8) is 0 Å². The minimum absolute atomic E-state index is 0.161. The SMILES string of the molecule is CCOCCC1CCCc2ccccc2C1Cl. The van der Waals surface area contributed by atoms with E-state index in [1.807, 2.05) is 6.92 Å². The first-order chi connectivity index (χ1) is 8.33. The first-order valence-corrected chi connectivity index (χ1v) is 7.06. The maximum atomic E-state index is 6.64. The Bertz CT molecular complexity index is 351. The molecule has 2 rings (SSSR count). The molecule has 0 bridgehead atoms. The predicted octanol–water partition coefficient (Wildman–Crippen LogP) is 4.35. The molecule has 0 saturated carbocycles. The first-order valence-electron chi connectivity index (χ1n) is 6.62. The summed E-state index contributed by atoms with van der Waals surface area (Å²) in [5, 5.41) is 0.161. The lowest BCUT2D eigenvalue weighted by atomic mass is 9.93. The van der Waals surface area contributed by atoms with Gasteiger partial charge in [-0.2, -0.15) is 0 Å². The van der Waals surface area contributed by atoms with Crippen molar-refractivity contribution in [1.29, 1.82) is 0 Å². The Labute approximate surface area is 109 Å². The Morgan fingerprint density at radius 3 is 3.00 bits per heavy atom. The molecular formula is C15H21ClO. The fraction of sp³-hybridized carbons (Fsp3) is 0.600. The average molecular weight is 253 g/mol. The van der Waals surface area contributed by atoms with Gasteiger partial charge in [-0.3, -0.25) is 0 Å². The molecule has 1 aromatic carbocycles. The zero-order valence-corrected chi connectivity index (χ0v) is 11.2. The smallest absolute Gasteiger partial charge is 0.0616 e. The van der Waals surface area contributed by atoms with Crippen LogP contribution in [0.25, 0.3) is 0 Å². The topological polar surface area (TPSA) is 9.23 Å². The van der Waals surface area contributed by atoms with Gasteiger partial charge in [0.05, 0.1) is 5.38 Å². The summed E-state index contributed by atoms with van der Waals surface area (Å²) in [6.45, 7) is 3.68. The van der Waals surface area contributed by atoms with Crippen LogP contribution >= 0.6 is 11.6 Å². The minimum atomic E-state index is 0.161. The highest BCUT2D eigenvalue weighted by Gasteiger charge is 2.25. The molecule has 0 fully saturated rings. The number of alkyl halides is 1. The standard InChI is InChI=1S/C15H21ClO/c1-2-17-11-10-13-8-5-7-12-6-3-4-9-14(12)15(13)16/h3-4,6,9,13,15H,2,5,7-8,10-11H2,1H3. The Morgan fingerprint density at radius 1 is 1.35 bits per heavy atom. The van der Waals surface area contributed by atoms with E-state index in [-0.39, 0.29) is 5.38 Å². The third kappa shape index (κ3) is 3.23. The number of fused-ring (bicyclic) bond motifs is 1. The molecule has 17 heavy (non-hydrogen) atoms. The van der Waals surface area contributed by atoms with Crippen molar-refractivity contribution >= 4 is 11.6 Å². The van der Waals surface area contributed by atoms with Crippen molar-refractivity contribution < 1.29 is 4.74 Å². The summed E-state index contributed by atoms with van der Waals surface area (Å²) in [7, 11) is 0. The maximum absolute atomic E-state index is 6.64. The molecule has 2 atom stereocenters. The van der Waals surface area contributed by atoms with E-state index in [0.717, 1.165) is 19.6 Å². The molecule has 0 aromatic heterocycles. The van der Waals surface area contributed by atoms with E-state index >= 15 is 0 Å². The van der Waals surface area contributed by atoms with E-state index in [1.165, 1.54) is 30.4 Å². The molecule has 1 nitrogen and oxygen atoms in total. The molecule has 0 saturated heterocycles. The summed E-state index contributed by atoms with van der Waals surface area (Å²) in [5.74, 6) is 0.562. The Hall–Kier alpha value is -0.530.